The predicted octanol–water partition coefficient (Wildman–Crippen LogP) is 3.93. The molecule has 19 heavy (non-hydrogen) atoms. The van der Waals surface area contributed by atoms with Crippen LogP contribution in [0, 0.1) is 0 Å². The minimum absolute atomic E-state index is 0.161. The number of halogens is 1. The van der Waals surface area contributed by atoms with Crippen LogP contribution in [0.2, 0.25) is 0 Å². The van der Waals surface area contributed by atoms with E-state index in [1.54, 1.807) is 23.9 Å². The van der Waals surface area contributed by atoms with Crippen molar-refractivity contribution in [2.45, 2.75) is 4.90 Å². The van der Waals surface area contributed by atoms with Gasteiger partial charge in [-0.25, -0.2) is 0 Å². The summed E-state index contributed by atoms with van der Waals surface area (Å²) < 4.78 is 0.968. The minimum Gasteiger partial charge on any atom is -0.298 e. The van der Waals surface area contributed by atoms with Gasteiger partial charge in [-0.3, -0.25) is 15.6 Å². The molecule has 0 fully saturated rings. The fourth-order valence-corrected chi connectivity index (χ4v) is 2.68. The van der Waals surface area contributed by atoms with Gasteiger partial charge in [-0.15, -0.1) is 11.8 Å². The largest absolute Gasteiger partial charge is 0.298 e. The van der Waals surface area contributed by atoms with Gasteiger partial charge in [0.2, 0.25) is 0 Å². The fraction of sp³-hybridized carbons (Fsp3) is 0.0714. The van der Waals surface area contributed by atoms with Crippen LogP contribution >= 0.6 is 27.7 Å². The summed E-state index contributed by atoms with van der Waals surface area (Å²) >= 11 is 5.08. The SMILES string of the molecule is CSc1cc(Br)cc(NNC(=O)c2ccccc2)c1. The van der Waals surface area contributed by atoms with Gasteiger partial charge in [0.15, 0.2) is 0 Å². The highest BCUT2D eigenvalue weighted by atomic mass is 79.9. The Labute approximate surface area is 124 Å². The normalized spacial score (nSPS) is 10.0. The van der Waals surface area contributed by atoms with Crippen molar-refractivity contribution < 1.29 is 4.79 Å². The summed E-state index contributed by atoms with van der Waals surface area (Å²) in [7, 11) is 0. The van der Waals surface area contributed by atoms with Gasteiger partial charge in [0.25, 0.3) is 5.91 Å². The minimum atomic E-state index is -0.161. The van der Waals surface area contributed by atoms with Gasteiger partial charge in [-0.05, 0) is 36.6 Å². The number of benzene rings is 2. The second kappa shape index (κ2) is 6.63. The van der Waals surface area contributed by atoms with E-state index in [-0.39, 0.29) is 5.91 Å². The van der Waals surface area contributed by atoms with Crippen LogP contribution in [0.5, 0.6) is 0 Å². The van der Waals surface area contributed by atoms with Crippen LogP contribution in [0.4, 0.5) is 5.69 Å². The Morgan fingerprint density at radius 3 is 2.58 bits per heavy atom. The molecule has 2 aromatic carbocycles. The summed E-state index contributed by atoms with van der Waals surface area (Å²) in [4.78, 5) is 13.0. The average molecular weight is 337 g/mol. The van der Waals surface area contributed by atoms with E-state index in [4.69, 9.17) is 0 Å². The molecule has 0 bridgehead atoms. The number of thioether (sulfide) groups is 1. The van der Waals surface area contributed by atoms with E-state index >= 15 is 0 Å². The highest BCUT2D eigenvalue weighted by molar-refractivity contribution is 9.10. The van der Waals surface area contributed by atoms with Crippen LogP contribution in [0.1, 0.15) is 10.4 Å². The summed E-state index contributed by atoms with van der Waals surface area (Å²) in [6, 6.07) is 15.0. The molecule has 98 valence electrons. The third-order valence-electron chi connectivity index (χ3n) is 2.46. The number of carbonyl (C=O) groups excluding carboxylic acids is 1. The summed E-state index contributed by atoms with van der Waals surface area (Å²) in [6.45, 7) is 0. The number of hydrogen-bond donors (Lipinski definition) is 2. The Kier molecular flexibility index (Phi) is 4.87. The Morgan fingerprint density at radius 2 is 1.89 bits per heavy atom. The molecular weight excluding hydrogens is 324 g/mol. The Bertz CT molecular complexity index is 575. The summed E-state index contributed by atoms with van der Waals surface area (Å²) in [6.07, 6.45) is 2.01. The van der Waals surface area contributed by atoms with Crippen molar-refractivity contribution >= 4 is 39.3 Å². The van der Waals surface area contributed by atoms with Crippen LogP contribution in [0.25, 0.3) is 0 Å². The number of nitrogens with one attached hydrogen (secondary N) is 2. The van der Waals surface area contributed by atoms with Crippen molar-refractivity contribution in [2.24, 2.45) is 0 Å². The molecule has 1 amide bonds. The van der Waals surface area contributed by atoms with Crippen molar-refractivity contribution in [3.63, 3.8) is 0 Å². The van der Waals surface area contributed by atoms with E-state index in [9.17, 15) is 4.79 Å². The second-order valence-electron chi connectivity index (χ2n) is 3.82. The van der Waals surface area contributed by atoms with Gasteiger partial charge in [-0.2, -0.15) is 0 Å². The lowest BCUT2D eigenvalue weighted by Gasteiger charge is -2.10. The molecule has 2 aromatic rings. The van der Waals surface area contributed by atoms with Gasteiger partial charge in [0, 0.05) is 14.9 Å². The molecule has 0 aliphatic heterocycles. The lowest BCUT2D eigenvalue weighted by Crippen LogP contribution is -2.29. The van der Waals surface area contributed by atoms with Gasteiger partial charge >= 0.3 is 0 Å². The van der Waals surface area contributed by atoms with E-state index in [2.05, 4.69) is 26.8 Å². The summed E-state index contributed by atoms with van der Waals surface area (Å²) in [5, 5.41) is 0. The first-order valence-corrected chi connectivity index (χ1v) is 7.67. The summed E-state index contributed by atoms with van der Waals surface area (Å²) in [5.74, 6) is -0.161. The van der Waals surface area contributed by atoms with E-state index in [0.29, 0.717) is 5.56 Å². The van der Waals surface area contributed by atoms with Gasteiger partial charge in [0.1, 0.15) is 0 Å². The lowest BCUT2D eigenvalue weighted by atomic mass is 10.2. The molecule has 0 spiro atoms. The third-order valence-corrected chi connectivity index (χ3v) is 3.63. The molecule has 0 unspecified atom stereocenters. The maximum absolute atomic E-state index is 11.9. The van der Waals surface area contributed by atoms with Gasteiger partial charge in [-0.1, -0.05) is 34.1 Å². The number of rotatable bonds is 4. The molecule has 0 radical (unpaired) electrons. The zero-order chi connectivity index (χ0) is 13.7. The molecule has 0 aliphatic carbocycles. The molecule has 0 heterocycles. The lowest BCUT2D eigenvalue weighted by molar-refractivity contribution is 0.0962. The van der Waals surface area contributed by atoms with Gasteiger partial charge in [0.05, 0.1) is 5.69 Å². The fourth-order valence-electron chi connectivity index (χ4n) is 1.54. The Morgan fingerprint density at radius 1 is 1.16 bits per heavy atom. The van der Waals surface area contributed by atoms with Crippen molar-refractivity contribution in [3.05, 3.63) is 58.6 Å². The molecule has 0 aliphatic rings. The first kappa shape index (κ1) is 14.0. The van der Waals surface area contributed by atoms with Crippen molar-refractivity contribution in [1.29, 1.82) is 0 Å². The quantitative estimate of drug-likeness (QED) is 0.656. The zero-order valence-electron chi connectivity index (χ0n) is 10.3. The first-order valence-electron chi connectivity index (χ1n) is 5.65. The molecule has 0 aromatic heterocycles. The van der Waals surface area contributed by atoms with E-state index in [0.717, 1.165) is 15.1 Å². The van der Waals surface area contributed by atoms with Crippen LogP contribution < -0.4 is 10.9 Å². The molecule has 2 N–H and O–H groups in total. The molecule has 5 heteroatoms. The van der Waals surface area contributed by atoms with E-state index in [1.807, 2.05) is 42.7 Å². The smallest absolute Gasteiger partial charge is 0.269 e. The molecule has 2 rings (SSSR count). The average Bonchev–Trinajstić information content (AvgIpc) is 2.45. The maximum Gasteiger partial charge on any atom is 0.269 e. The predicted molar refractivity (Wildman–Crippen MR) is 83.5 cm³/mol. The first-order chi connectivity index (χ1) is 9.19. The standard InChI is InChI=1S/C14H13BrN2OS/c1-19-13-8-11(15)7-12(9-13)16-17-14(18)10-5-3-2-4-6-10/h2-9,16H,1H3,(H,17,18). The number of anilines is 1. The van der Waals surface area contributed by atoms with Crippen LogP contribution in [0.15, 0.2) is 57.9 Å². The number of amides is 1. The molecule has 0 saturated heterocycles. The van der Waals surface area contributed by atoms with Crippen molar-refractivity contribution in [3.8, 4) is 0 Å². The molecule has 0 saturated carbocycles. The topological polar surface area (TPSA) is 41.1 Å². The molecule has 3 nitrogen and oxygen atoms in total. The third kappa shape index (κ3) is 4.01. The van der Waals surface area contributed by atoms with Crippen LogP contribution in [-0.2, 0) is 0 Å². The van der Waals surface area contributed by atoms with E-state index in [1.165, 1.54) is 0 Å². The van der Waals surface area contributed by atoms with Crippen molar-refractivity contribution in [2.75, 3.05) is 11.7 Å². The Hall–Kier alpha value is -1.46. The highest BCUT2D eigenvalue weighted by Crippen LogP contribution is 2.24. The number of hydrazine groups is 1. The van der Waals surface area contributed by atoms with Crippen LogP contribution in [0.3, 0.4) is 0 Å². The molecular formula is C14H13BrN2OS. The molecule has 0 atom stereocenters. The maximum atomic E-state index is 11.9. The van der Waals surface area contributed by atoms with Crippen molar-refractivity contribution in [1.82, 2.24) is 5.43 Å². The van der Waals surface area contributed by atoms with Crippen LogP contribution in [-0.4, -0.2) is 12.2 Å². The second-order valence-corrected chi connectivity index (χ2v) is 5.62. The number of hydrogen-bond acceptors (Lipinski definition) is 3. The Balaban J connectivity index is 2.03. The summed E-state index contributed by atoms with van der Waals surface area (Å²) in [5.41, 5.74) is 7.05. The number of carbonyl (C=O) groups is 1. The highest BCUT2D eigenvalue weighted by Gasteiger charge is 2.04. The monoisotopic (exact) mass is 336 g/mol. The zero-order valence-corrected chi connectivity index (χ0v) is 12.7. The van der Waals surface area contributed by atoms with E-state index < -0.39 is 0 Å². The van der Waals surface area contributed by atoms with Gasteiger partial charge < -0.3 is 0 Å².